The van der Waals surface area contributed by atoms with Gasteiger partial charge in [0.15, 0.2) is 24.0 Å². The van der Waals surface area contributed by atoms with Crippen molar-refractivity contribution in [1.82, 2.24) is 35.0 Å². The van der Waals surface area contributed by atoms with Crippen molar-refractivity contribution in [2.45, 2.75) is 82.7 Å². The molecule has 4 fully saturated rings. The molecule has 4 aromatic rings. The van der Waals surface area contributed by atoms with Gasteiger partial charge in [0.05, 0.1) is 40.7 Å². The Kier molecular flexibility index (Phi) is 12.2. The van der Waals surface area contributed by atoms with Crippen molar-refractivity contribution in [3.8, 4) is 5.75 Å². The molecule has 65 heavy (non-hydrogen) atoms. The van der Waals surface area contributed by atoms with Crippen LogP contribution in [0.25, 0.3) is 10.9 Å². The SMILES string of the molecule is CNC(=O)COc1cc2cc(Nc3nc(N4CCC(OC5CC(N6CCN(c7ccc8c(c7F)C(=O)N([C@@H]7CCC(=O)NC7=O)C8=O)CC6)C5)CC4)ncc3Cl)ccc2n(C(C)C)c1=O. The molecule has 1 saturated carbocycles. The highest BCUT2D eigenvalue weighted by Crippen LogP contribution is 2.37. The number of carbonyl (C=O) groups excluding carboxylic acids is 5. The summed E-state index contributed by atoms with van der Waals surface area (Å²) in [6.45, 7) is 7.45. The maximum absolute atomic E-state index is 16.0. The van der Waals surface area contributed by atoms with E-state index in [1.54, 1.807) is 16.8 Å². The van der Waals surface area contributed by atoms with E-state index in [4.69, 9.17) is 26.1 Å². The lowest BCUT2D eigenvalue weighted by Gasteiger charge is -2.47. The van der Waals surface area contributed by atoms with E-state index in [1.807, 2.05) is 36.9 Å². The Morgan fingerprint density at radius 2 is 1.69 bits per heavy atom. The van der Waals surface area contributed by atoms with Gasteiger partial charge in [-0.15, -0.1) is 0 Å². The van der Waals surface area contributed by atoms with Gasteiger partial charge in [0.2, 0.25) is 17.8 Å². The second-order valence-corrected chi connectivity index (χ2v) is 17.8. The van der Waals surface area contributed by atoms with Gasteiger partial charge in [0.25, 0.3) is 23.3 Å². The molecular formula is C45H50ClFN10O8. The van der Waals surface area contributed by atoms with Crippen LogP contribution in [0.2, 0.25) is 5.02 Å². The minimum Gasteiger partial charge on any atom is -0.478 e. The van der Waals surface area contributed by atoms with Crippen LogP contribution in [-0.2, 0) is 19.1 Å². The van der Waals surface area contributed by atoms with Crippen LogP contribution in [0.15, 0.2) is 47.4 Å². The number of imide groups is 2. The normalized spacial score (nSPS) is 21.8. The van der Waals surface area contributed by atoms with Gasteiger partial charge in [0, 0.05) is 75.9 Å². The zero-order chi connectivity index (χ0) is 45.7. The maximum Gasteiger partial charge on any atom is 0.293 e. The lowest BCUT2D eigenvalue weighted by molar-refractivity contribution is -0.136. The van der Waals surface area contributed by atoms with Crippen molar-refractivity contribution in [3.63, 3.8) is 0 Å². The molecule has 18 nitrogen and oxygen atoms in total. The molecule has 3 saturated heterocycles. The van der Waals surface area contributed by atoms with E-state index in [1.165, 1.54) is 19.2 Å². The summed E-state index contributed by atoms with van der Waals surface area (Å²) in [5.74, 6) is -2.84. The van der Waals surface area contributed by atoms with Gasteiger partial charge < -0.3 is 34.5 Å². The molecule has 0 radical (unpaired) electrons. The van der Waals surface area contributed by atoms with Crippen LogP contribution < -0.4 is 36.0 Å². The molecular weight excluding hydrogens is 863 g/mol. The summed E-state index contributed by atoms with van der Waals surface area (Å²) < 4.78 is 29.8. The molecule has 3 N–H and O–H groups in total. The highest BCUT2D eigenvalue weighted by Gasteiger charge is 2.47. The first-order valence-corrected chi connectivity index (χ1v) is 22.4. The number of fused-ring (bicyclic) bond motifs is 2. The number of aromatic nitrogens is 3. The van der Waals surface area contributed by atoms with Crippen LogP contribution in [0.4, 0.5) is 27.5 Å². The molecule has 1 atom stereocenters. The Labute approximate surface area is 378 Å². The summed E-state index contributed by atoms with van der Waals surface area (Å²) in [4.78, 5) is 92.1. The highest BCUT2D eigenvalue weighted by atomic mass is 35.5. The predicted octanol–water partition coefficient (Wildman–Crippen LogP) is 3.77. The molecule has 4 aliphatic heterocycles. The van der Waals surface area contributed by atoms with Crippen LogP contribution in [0.3, 0.4) is 0 Å². The number of hydrogen-bond acceptors (Lipinski definition) is 14. The van der Waals surface area contributed by atoms with Gasteiger partial charge >= 0.3 is 0 Å². The van der Waals surface area contributed by atoms with Crippen molar-refractivity contribution in [2.75, 3.05) is 68.0 Å². The predicted molar refractivity (Wildman–Crippen MR) is 238 cm³/mol. The molecule has 20 heteroatoms. The number of benzene rings is 2. The van der Waals surface area contributed by atoms with Crippen molar-refractivity contribution < 1.29 is 37.8 Å². The fraction of sp³-hybridized carbons (Fsp3) is 0.467. The van der Waals surface area contributed by atoms with Crippen LogP contribution in [-0.4, -0.2) is 131 Å². The van der Waals surface area contributed by atoms with Crippen LogP contribution >= 0.6 is 11.6 Å². The fourth-order valence-electron chi connectivity index (χ4n) is 9.45. The second-order valence-electron chi connectivity index (χ2n) is 17.4. The molecule has 5 amide bonds. The van der Waals surface area contributed by atoms with E-state index >= 15 is 4.39 Å². The first kappa shape index (κ1) is 44.0. The number of piperazine rings is 1. The Balaban J connectivity index is 0.752. The quantitative estimate of drug-likeness (QED) is 0.174. The molecule has 342 valence electrons. The smallest absolute Gasteiger partial charge is 0.293 e. The number of hydrogen-bond donors (Lipinski definition) is 3. The Hall–Kier alpha value is -6.18. The minimum absolute atomic E-state index is 0.00401. The number of ether oxygens (including phenoxy) is 2. The number of likely N-dealkylation sites (N-methyl/N-ethyl adjacent to an activating group) is 1. The standard InChI is InChI=1S/C45H50ClFN10O8/c1-24(2)56-32-6-4-26(18-25(32)19-35(43(56)62)64-23-37(59)48-3)50-40-31(46)22-49-45(52-40)55-12-10-28(11-13-55)65-29-20-27(21-29)53-14-16-54(17-15-53)33-7-5-30-38(39(33)47)44(63)57(42(30)61)34-8-9-36(58)51-41(34)60/h4-7,18-19,22,24,27-29,34H,8-17,20-21,23H2,1-3H3,(H,48,59)(H,49,50,52)(H,51,58,60)/t27?,29?,34-/m1/s1. The van der Waals surface area contributed by atoms with Gasteiger partial charge in [0.1, 0.15) is 11.1 Å². The average Bonchev–Trinajstić information content (AvgIpc) is 3.53. The van der Waals surface area contributed by atoms with Gasteiger partial charge in [-0.3, -0.25) is 43.9 Å². The number of nitrogens with zero attached hydrogens (tertiary/aromatic N) is 7. The van der Waals surface area contributed by atoms with E-state index < -0.39 is 35.5 Å². The van der Waals surface area contributed by atoms with Crippen molar-refractivity contribution >= 4 is 75.2 Å². The molecule has 2 aromatic heterocycles. The van der Waals surface area contributed by atoms with Gasteiger partial charge in [-0.25, -0.2) is 9.37 Å². The summed E-state index contributed by atoms with van der Waals surface area (Å²) in [5, 5.41) is 9.05. The number of carbonyl (C=O) groups is 5. The molecule has 0 bridgehead atoms. The number of nitrogens with one attached hydrogen (secondary N) is 3. The first-order chi connectivity index (χ1) is 31.3. The number of halogens is 2. The van der Waals surface area contributed by atoms with E-state index in [2.05, 4.69) is 30.7 Å². The molecule has 0 unspecified atom stereocenters. The van der Waals surface area contributed by atoms with E-state index in [9.17, 15) is 28.8 Å². The lowest BCUT2D eigenvalue weighted by Crippen LogP contribution is -2.56. The van der Waals surface area contributed by atoms with E-state index in [0.717, 1.165) is 36.0 Å². The van der Waals surface area contributed by atoms with Crippen LogP contribution in [0.5, 0.6) is 5.75 Å². The highest BCUT2D eigenvalue weighted by molar-refractivity contribution is 6.33. The Morgan fingerprint density at radius 3 is 2.40 bits per heavy atom. The molecule has 1 aliphatic carbocycles. The van der Waals surface area contributed by atoms with Gasteiger partial charge in [-0.2, -0.15) is 4.98 Å². The van der Waals surface area contributed by atoms with E-state index in [0.29, 0.717) is 73.3 Å². The molecule has 0 spiro atoms. The first-order valence-electron chi connectivity index (χ1n) is 22.0. The molecule has 9 rings (SSSR count). The van der Waals surface area contributed by atoms with Crippen LogP contribution in [0, 0.1) is 5.82 Å². The monoisotopic (exact) mass is 912 g/mol. The van der Waals surface area contributed by atoms with Crippen molar-refractivity contribution in [3.05, 3.63) is 74.9 Å². The largest absolute Gasteiger partial charge is 0.478 e. The van der Waals surface area contributed by atoms with Crippen molar-refractivity contribution in [2.24, 2.45) is 0 Å². The molecule has 6 heterocycles. The topological polar surface area (TPSA) is 201 Å². The number of piperidine rings is 2. The lowest BCUT2D eigenvalue weighted by atomic mass is 9.87. The minimum atomic E-state index is -1.16. The zero-order valence-corrected chi connectivity index (χ0v) is 37.0. The summed E-state index contributed by atoms with van der Waals surface area (Å²) in [6, 6.07) is 9.24. The number of rotatable bonds is 12. The second kappa shape index (κ2) is 18.0. The fourth-order valence-corrected chi connectivity index (χ4v) is 9.59. The van der Waals surface area contributed by atoms with E-state index in [-0.39, 0.29) is 71.7 Å². The molecule has 5 aliphatic rings. The Morgan fingerprint density at radius 1 is 0.938 bits per heavy atom. The number of anilines is 4. The molecule has 2 aromatic carbocycles. The summed E-state index contributed by atoms with van der Waals surface area (Å²) in [5.41, 5.74) is 0.934. The van der Waals surface area contributed by atoms with Gasteiger partial charge in [-0.05, 0) is 82.3 Å². The maximum atomic E-state index is 16.0. The zero-order valence-electron chi connectivity index (χ0n) is 36.3. The average molecular weight is 913 g/mol. The Bertz CT molecular complexity index is 2640. The third-order valence-electron chi connectivity index (χ3n) is 13.0. The number of pyridine rings is 1. The third-order valence-corrected chi connectivity index (χ3v) is 13.3. The van der Waals surface area contributed by atoms with Gasteiger partial charge in [-0.1, -0.05) is 11.6 Å². The summed E-state index contributed by atoms with van der Waals surface area (Å²) >= 11 is 6.58. The van der Waals surface area contributed by atoms with Crippen molar-refractivity contribution in [1.29, 1.82) is 0 Å². The third kappa shape index (κ3) is 8.59. The summed E-state index contributed by atoms with van der Waals surface area (Å²) in [6.07, 6.45) is 5.27. The number of amides is 5. The summed E-state index contributed by atoms with van der Waals surface area (Å²) in [7, 11) is 1.50. The van der Waals surface area contributed by atoms with Crippen LogP contribution in [0.1, 0.15) is 79.1 Å².